The number of nitrogens with zero attached hydrogens (tertiary/aromatic N) is 1. The van der Waals surface area contributed by atoms with Crippen molar-refractivity contribution in [3.8, 4) is 11.5 Å². The Balaban J connectivity index is 1.62. The molecule has 1 aromatic heterocycles. The second kappa shape index (κ2) is 6.58. The number of nitrogens with one attached hydrogen (secondary N) is 1. The number of para-hydroxylation sites is 2. The zero-order valence-electron chi connectivity index (χ0n) is 13.4. The molecule has 0 aliphatic carbocycles. The molecule has 2 unspecified atom stereocenters. The van der Waals surface area contributed by atoms with Gasteiger partial charge >= 0.3 is 0 Å². The average Bonchev–Trinajstić information content (AvgIpc) is 3.01. The molecule has 6 heteroatoms. The highest BCUT2D eigenvalue weighted by molar-refractivity contribution is 7.09. The molecule has 122 valence electrons. The molecule has 2 atom stereocenters. The van der Waals surface area contributed by atoms with Gasteiger partial charge in [0, 0.05) is 11.3 Å². The maximum Gasteiger partial charge on any atom is 0.265 e. The van der Waals surface area contributed by atoms with Crippen LogP contribution in [0.5, 0.6) is 11.5 Å². The molecule has 23 heavy (non-hydrogen) atoms. The molecule has 0 fully saturated rings. The normalized spacial score (nSPS) is 19.7. The highest BCUT2D eigenvalue weighted by Gasteiger charge is 2.33. The number of carbonyl (C=O) groups excluding carboxylic acids is 1. The Morgan fingerprint density at radius 1 is 1.30 bits per heavy atom. The van der Waals surface area contributed by atoms with E-state index in [4.69, 9.17) is 9.47 Å². The van der Waals surface area contributed by atoms with Crippen molar-refractivity contribution in [1.82, 2.24) is 10.3 Å². The van der Waals surface area contributed by atoms with Crippen LogP contribution in [-0.2, 0) is 11.3 Å². The third-order valence-electron chi connectivity index (χ3n) is 3.61. The van der Waals surface area contributed by atoms with Gasteiger partial charge in [-0.1, -0.05) is 26.0 Å². The second-order valence-corrected chi connectivity index (χ2v) is 6.75. The van der Waals surface area contributed by atoms with E-state index in [1.807, 2.05) is 30.5 Å². The van der Waals surface area contributed by atoms with Gasteiger partial charge in [0.1, 0.15) is 6.10 Å². The van der Waals surface area contributed by atoms with Crippen molar-refractivity contribution in [2.24, 2.45) is 0 Å². The predicted octanol–water partition coefficient (Wildman–Crippen LogP) is 3.11. The number of amides is 1. The molecule has 0 saturated carbocycles. The van der Waals surface area contributed by atoms with Crippen LogP contribution in [0.15, 0.2) is 29.6 Å². The van der Waals surface area contributed by atoms with E-state index in [0.29, 0.717) is 24.0 Å². The van der Waals surface area contributed by atoms with Crippen LogP contribution in [-0.4, -0.2) is 23.1 Å². The smallest absolute Gasteiger partial charge is 0.265 e. The molecule has 2 aromatic rings. The van der Waals surface area contributed by atoms with Crippen LogP contribution in [0.4, 0.5) is 0 Å². The Labute approximate surface area is 139 Å². The highest BCUT2D eigenvalue weighted by Crippen LogP contribution is 2.33. The van der Waals surface area contributed by atoms with Crippen LogP contribution >= 0.6 is 11.3 Å². The predicted molar refractivity (Wildman–Crippen MR) is 89.0 cm³/mol. The van der Waals surface area contributed by atoms with E-state index in [-0.39, 0.29) is 12.0 Å². The van der Waals surface area contributed by atoms with Crippen LogP contribution in [0.1, 0.15) is 37.4 Å². The first-order valence-corrected chi connectivity index (χ1v) is 8.57. The summed E-state index contributed by atoms with van der Waals surface area (Å²) in [7, 11) is 0. The van der Waals surface area contributed by atoms with E-state index in [1.54, 1.807) is 17.4 Å². The molecule has 1 aliphatic heterocycles. The molecule has 0 radical (unpaired) electrons. The largest absolute Gasteiger partial charge is 0.482 e. The molecular formula is C17H20N2O3S. The third kappa shape index (κ3) is 3.47. The number of fused-ring (bicyclic) bond motifs is 1. The molecule has 1 N–H and O–H groups in total. The molecule has 1 aliphatic rings. The molecule has 2 heterocycles. The number of hydrogen-bond acceptors (Lipinski definition) is 5. The molecule has 1 aromatic carbocycles. The number of hydrogen-bond donors (Lipinski definition) is 1. The van der Waals surface area contributed by atoms with Gasteiger partial charge in [-0.25, -0.2) is 4.98 Å². The van der Waals surface area contributed by atoms with Gasteiger partial charge in [-0.3, -0.25) is 4.79 Å². The van der Waals surface area contributed by atoms with Crippen LogP contribution in [0.2, 0.25) is 0 Å². The van der Waals surface area contributed by atoms with Crippen molar-refractivity contribution < 1.29 is 14.3 Å². The SMILES string of the molecule is CC(C)c1nc(CNC(=O)C2Oc3ccccc3OC2C)cs1. The fourth-order valence-corrected chi connectivity index (χ4v) is 3.19. The van der Waals surface area contributed by atoms with Crippen molar-refractivity contribution in [3.05, 3.63) is 40.3 Å². The number of benzene rings is 1. The Morgan fingerprint density at radius 2 is 2.00 bits per heavy atom. The van der Waals surface area contributed by atoms with Gasteiger partial charge in [0.2, 0.25) is 6.10 Å². The first kappa shape index (κ1) is 15.8. The number of aromatic nitrogens is 1. The lowest BCUT2D eigenvalue weighted by Crippen LogP contribution is -2.48. The molecule has 5 nitrogen and oxygen atoms in total. The van der Waals surface area contributed by atoms with Gasteiger partial charge in [-0.2, -0.15) is 0 Å². The van der Waals surface area contributed by atoms with Gasteiger partial charge < -0.3 is 14.8 Å². The third-order valence-corrected chi connectivity index (χ3v) is 4.80. The summed E-state index contributed by atoms with van der Waals surface area (Å²) < 4.78 is 11.5. The minimum absolute atomic E-state index is 0.189. The van der Waals surface area contributed by atoms with Gasteiger partial charge in [-0.15, -0.1) is 11.3 Å². The fraction of sp³-hybridized carbons (Fsp3) is 0.412. The first-order valence-electron chi connectivity index (χ1n) is 7.69. The van der Waals surface area contributed by atoms with Crippen molar-refractivity contribution in [2.45, 2.75) is 45.4 Å². The number of rotatable bonds is 4. The van der Waals surface area contributed by atoms with Crippen molar-refractivity contribution in [3.63, 3.8) is 0 Å². The van der Waals surface area contributed by atoms with Crippen LogP contribution < -0.4 is 14.8 Å². The van der Waals surface area contributed by atoms with E-state index in [9.17, 15) is 4.79 Å². The Morgan fingerprint density at radius 3 is 2.65 bits per heavy atom. The molecule has 3 rings (SSSR count). The minimum Gasteiger partial charge on any atom is -0.482 e. The van der Waals surface area contributed by atoms with E-state index < -0.39 is 6.10 Å². The summed E-state index contributed by atoms with van der Waals surface area (Å²) in [5.41, 5.74) is 0.872. The maximum atomic E-state index is 12.4. The average molecular weight is 332 g/mol. The van der Waals surface area contributed by atoms with Crippen molar-refractivity contribution in [2.75, 3.05) is 0 Å². The standard InChI is InChI=1S/C17H20N2O3S/c1-10(2)17-19-12(9-23-17)8-18-16(20)15-11(3)21-13-6-4-5-7-14(13)22-15/h4-7,9-11,15H,8H2,1-3H3,(H,18,20). The zero-order chi connectivity index (χ0) is 16.4. The lowest BCUT2D eigenvalue weighted by Gasteiger charge is -2.30. The van der Waals surface area contributed by atoms with Crippen LogP contribution in [0, 0.1) is 0 Å². The van der Waals surface area contributed by atoms with Gasteiger partial charge in [0.05, 0.1) is 17.2 Å². The summed E-state index contributed by atoms with van der Waals surface area (Å²) in [6.45, 7) is 6.44. The summed E-state index contributed by atoms with van der Waals surface area (Å²) >= 11 is 1.62. The van der Waals surface area contributed by atoms with Gasteiger partial charge in [-0.05, 0) is 19.1 Å². The number of carbonyl (C=O) groups is 1. The summed E-state index contributed by atoms with van der Waals surface area (Å²) in [5.74, 6) is 1.48. The molecule has 0 saturated heterocycles. The van der Waals surface area contributed by atoms with Crippen molar-refractivity contribution >= 4 is 17.2 Å². The summed E-state index contributed by atoms with van der Waals surface area (Å²) in [6.07, 6.45) is -1.00. The summed E-state index contributed by atoms with van der Waals surface area (Å²) in [6, 6.07) is 7.37. The lowest BCUT2D eigenvalue weighted by molar-refractivity contribution is -0.133. The zero-order valence-corrected chi connectivity index (χ0v) is 14.2. The van der Waals surface area contributed by atoms with Gasteiger partial charge in [0.15, 0.2) is 11.5 Å². The Hall–Kier alpha value is -2.08. The first-order chi connectivity index (χ1) is 11.0. The summed E-state index contributed by atoms with van der Waals surface area (Å²) in [5, 5.41) is 5.94. The van der Waals surface area contributed by atoms with E-state index >= 15 is 0 Å². The quantitative estimate of drug-likeness (QED) is 0.934. The monoisotopic (exact) mass is 332 g/mol. The lowest BCUT2D eigenvalue weighted by atomic mass is 10.1. The second-order valence-electron chi connectivity index (χ2n) is 5.86. The topological polar surface area (TPSA) is 60.5 Å². The Kier molecular flexibility index (Phi) is 4.52. The minimum atomic E-state index is -0.659. The van der Waals surface area contributed by atoms with Crippen LogP contribution in [0.25, 0.3) is 0 Å². The number of thiazole rings is 1. The highest BCUT2D eigenvalue weighted by atomic mass is 32.1. The summed E-state index contributed by atoms with van der Waals surface area (Å²) in [4.78, 5) is 16.9. The van der Waals surface area contributed by atoms with Crippen LogP contribution in [0.3, 0.4) is 0 Å². The maximum absolute atomic E-state index is 12.4. The van der Waals surface area contributed by atoms with E-state index in [0.717, 1.165) is 10.7 Å². The number of ether oxygens (including phenoxy) is 2. The Bertz CT molecular complexity index is 699. The molecule has 0 bridgehead atoms. The van der Waals surface area contributed by atoms with E-state index in [2.05, 4.69) is 24.1 Å². The molecular weight excluding hydrogens is 312 g/mol. The molecule has 0 spiro atoms. The van der Waals surface area contributed by atoms with E-state index in [1.165, 1.54) is 0 Å². The molecule has 1 amide bonds. The fourth-order valence-electron chi connectivity index (χ4n) is 2.35. The van der Waals surface area contributed by atoms with Crippen molar-refractivity contribution in [1.29, 1.82) is 0 Å². The van der Waals surface area contributed by atoms with Gasteiger partial charge in [0.25, 0.3) is 5.91 Å².